The van der Waals surface area contributed by atoms with Crippen LogP contribution in [-0.4, -0.2) is 19.1 Å². The molecule has 2 saturated carbocycles. The fourth-order valence-corrected chi connectivity index (χ4v) is 3.67. The first kappa shape index (κ1) is 14.3. The number of nitrogens with two attached hydrogens (primary N) is 1. The van der Waals surface area contributed by atoms with Gasteiger partial charge in [-0.3, -0.25) is 0 Å². The van der Waals surface area contributed by atoms with Crippen molar-refractivity contribution in [3.8, 4) is 0 Å². The highest BCUT2D eigenvalue weighted by atomic mass is 14.9. The highest BCUT2D eigenvalue weighted by Gasteiger charge is 2.33. The predicted octanol–water partition coefficient (Wildman–Crippen LogP) is 3.45. The van der Waals surface area contributed by atoms with Crippen molar-refractivity contribution in [3.63, 3.8) is 0 Å². The van der Waals surface area contributed by atoms with E-state index in [1.165, 1.54) is 70.8 Å². The van der Waals surface area contributed by atoms with Gasteiger partial charge in [-0.1, -0.05) is 45.4 Å². The fraction of sp³-hybridized carbons (Fsp3) is 1.00. The molecule has 18 heavy (non-hydrogen) atoms. The average Bonchev–Trinajstić information content (AvgIpc) is 2.67. The minimum atomic E-state index is 0.415. The van der Waals surface area contributed by atoms with Crippen LogP contribution in [0.3, 0.4) is 0 Å². The van der Waals surface area contributed by atoms with Gasteiger partial charge in [0.2, 0.25) is 0 Å². The van der Waals surface area contributed by atoms with Crippen LogP contribution in [0.15, 0.2) is 0 Å². The lowest BCUT2D eigenvalue weighted by molar-refractivity contribution is 0.152. The quantitative estimate of drug-likeness (QED) is 0.752. The molecule has 2 rings (SSSR count). The van der Waals surface area contributed by atoms with Gasteiger partial charge in [0.15, 0.2) is 0 Å². The summed E-state index contributed by atoms with van der Waals surface area (Å²) in [6.45, 7) is 4.43. The number of nitrogens with one attached hydrogen (secondary N) is 1. The minimum absolute atomic E-state index is 0.415. The Labute approximate surface area is 113 Å². The van der Waals surface area contributed by atoms with Crippen LogP contribution < -0.4 is 11.1 Å². The molecule has 0 atom stereocenters. The fourth-order valence-electron chi connectivity index (χ4n) is 3.67. The second-order valence-electron chi connectivity index (χ2n) is 6.96. The molecule has 0 aromatic heterocycles. The Morgan fingerprint density at radius 3 is 2.17 bits per heavy atom. The summed E-state index contributed by atoms with van der Waals surface area (Å²) >= 11 is 0. The molecule has 0 saturated heterocycles. The second-order valence-corrected chi connectivity index (χ2v) is 6.96. The molecule has 0 aromatic rings. The maximum absolute atomic E-state index is 6.09. The van der Waals surface area contributed by atoms with E-state index in [-0.39, 0.29) is 0 Å². The van der Waals surface area contributed by atoms with E-state index in [2.05, 4.69) is 12.2 Å². The molecule has 2 aliphatic rings. The van der Waals surface area contributed by atoms with E-state index in [0.29, 0.717) is 5.41 Å². The Balaban J connectivity index is 1.79. The van der Waals surface area contributed by atoms with Crippen molar-refractivity contribution in [3.05, 3.63) is 0 Å². The maximum atomic E-state index is 6.09. The van der Waals surface area contributed by atoms with Crippen LogP contribution in [0.5, 0.6) is 0 Å². The van der Waals surface area contributed by atoms with Gasteiger partial charge in [-0.05, 0) is 43.6 Å². The highest BCUT2D eigenvalue weighted by molar-refractivity contribution is 4.88. The van der Waals surface area contributed by atoms with Gasteiger partial charge in [0, 0.05) is 12.6 Å². The molecule has 2 aliphatic carbocycles. The molecule has 0 heterocycles. The van der Waals surface area contributed by atoms with E-state index in [1.807, 2.05) is 0 Å². The summed E-state index contributed by atoms with van der Waals surface area (Å²) in [4.78, 5) is 0. The number of hydrogen-bond acceptors (Lipinski definition) is 2. The van der Waals surface area contributed by atoms with Gasteiger partial charge >= 0.3 is 0 Å². The van der Waals surface area contributed by atoms with Crippen molar-refractivity contribution in [2.24, 2.45) is 17.1 Å². The lowest BCUT2D eigenvalue weighted by Crippen LogP contribution is -2.45. The van der Waals surface area contributed by atoms with Crippen LogP contribution in [0.2, 0.25) is 0 Å². The third-order valence-electron chi connectivity index (χ3n) is 5.39. The SMILES string of the molecule is CC1CCC(CN)(CNC2CCCCCC2)CC1. The van der Waals surface area contributed by atoms with E-state index in [9.17, 15) is 0 Å². The maximum Gasteiger partial charge on any atom is 0.00673 e. The molecule has 2 nitrogen and oxygen atoms in total. The van der Waals surface area contributed by atoms with Gasteiger partial charge in [0.05, 0.1) is 0 Å². The summed E-state index contributed by atoms with van der Waals surface area (Å²) in [6.07, 6.45) is 13.9. The van der Waals surface area contributed by atoms with E-state index < -0.39 is 0 Å². The molecule has 2 fully saturated rings. The summed E-state index contributed by atoms with van der Waals surface area (Å²) in [6, 6.07) is 0.773. The highest BCUT2D eigenvalue weighted by Crippen LogP contribution is 2.37. The zero-order chi connectivity index (χ0) is 12.8. The van der Waals surface area contributed by atoms with Crippen LogP contribution in [0.4, 0.5) is 0 Å². The molecule has 2 heteroatoms. The van der Waals surface area contributed by atoms with E-state index >= 15 is 0 Å². The van der Waals surface area contributed by atoms with Gasteiger partial charge in [0.1, 0.15) is 0 Å². The van der Waals surface area contributed by atoms with Gasteiger partial charge < -0.3 is 11.1 Å². The van der Waals surface area contributed by atoms with Crippen LogP contribution >= 0.6 is 0 Å². The van der Waals surface area contributed by atoms with Crippen molar-refractivity contribution in [2.45, 2.75) is 77.2 Å². The summed E-state index contributed by atoms with van der Waals surface area (Å²) < 4.78 is 0. The van der Waals surface area contributed by atoms with Crippen molar-refractivity contribution < 1.29 is 0 Å². The van der Waals surface area contributed by atoms with Crippen molar-refractivity contribution in [2.75, 3.05) is 13.1 Å². The molecule has 0 aromatic carbocycles. The Bertz CT molecular complexity index is 223. The van der Waals surface area contributed by atoms with Crippen molar-refractivity contribution in [1.82, 2.24) is 5.32 Å². The summed E-state index contributed by atoms with van der Waals surface area (Å²) in [5.74, 6) is 0.919. The molecule has 0 unspecified atom stereocenters. The lowest BCUT2D eigenvalue weighted by Gasteiger charge is -2.39. The lowest BCUT2D eigenvalue weighted by atomic mass is 9.70. The molecule has 0 bridgehead atoms. The van der Waals surface area contributed by atoms with Crippen molar-refractivity contribution in [1.29, 1.82) is 0 Å². The normalized spacial score (nSPS) is 35.3. The van der Waals surface area contributed by atoms with Gasteiger partial charge in [-0.25, -0.2) is 0 Å². The van der Waals surface area contributed by atoms with Gasteiger partial charge in [-0.2, -0.15) is 0 Å². The zero-order valence-corrected chi connectivity index (χ0v) is 12.2. The molecule has 0 amide bonds. The Hall–Kier alpha value is -0.0800. The first-order chi connectivity index (χ1) is 8.74. The predicted molar refractivity (Wildman–Crippen MR) is 78.6 cm³/mol. The number of rotatable bonds is 4. The smallest absolute Gasteiger partial charge is 0.00673 e. The Morgan fingerprint density at radius 2 is 1.61 bits per heavy atom. The van der Waals surface area contributed by atoms with Crippen LogP contribution in [0.1, 0.15) is 71.1 Å². The zero-order valence-electron chi connectivity index (χ0n) is 12.2. The second kappa shape index (κ2) is 6.91. The monoisotopic (exact) mass is 252 g/mol. The first-order valence-electron chi connectivity index (χ1n) is 8.18. The van der Waals surface area contributed by atoms with Gasteiger partial charge in [0.25, 0.3) is 0 Å². The summed E-state index contributed by atoms with van der Waals surface area (Å²) in [5.41, 5.74) is 6.51. The van der Waals surface area contributed by atoms with E-state index in [0.717, 1.165) is 18.5 Å². The molecular weight excluding hydrogens is 220 g/mol. The van der Waals surface area contributed by atoms with Crippen molar-refractivity contribution >= 4 is 0 Å². The van der Waals surface area contributed by atoms with Crippen LogP contribution in [0.25, 0.3) is 0 Å². The number of hydrogen-bond donors (Lipinski definition) is 2. The molecular formula is C16H32N2. The van der Waals surface area contributed by atoms with E-state index in [1.54, 1.807) is 0 Å². The summed E-state index contributed by atoms with van der Waals surface area (Å²) in [5, 5.41) is 3.86. The van der Waals surface area contributed by atoms with Crippen LogP contribution in [0, 0.1) is 11.3 Å². The third kappa shape index (κ3) is 3.96. The Morgan fingerprint density at radius 1 is 1.00 bits per heavy atom. The first-order valence-corrected chi connectivity index (χ1v) is 8.18. The average molecular weight is 252 g/mol. The standard InChI is InChI=1S/C16H32N2/c1-14-8-10-16(12-17,11-9-14)13-18-15-6-4-2-3-5-7-15/h14-15,18H,2-13,17H2,1H3. The molecule has 106 valence electrons. The van der Waals surface area contributed by atoms with Gasteiger partial charge in [-0.15, -0.1) is 0 Å². The molecule has 0 aliphatic heterocycles. The molecule has 0 radical (unpaired) electrons. The Kier molecular flexibility index (Phi) is 5.50. The molecule has 3 N–H and O–H groups in total. The topological polar surface area (TPSA) is 38.0 Å². The molecule has 0 spiro atoms. The minimum Gasteiger partial charge on any atom is -0.330 e. The van der Waals surface area contributed by atoms with Crippen LogP contribution in [-0.2, 0) is 0 Å². The largest absolute Gasteiger partial charge is 0.330 e. The third-order valence-corrected chi connectivity index (χ3v) is 5.39. The summed E-state index contributed by atoms with van der Waals surface area (Å²) in [7, 11) is 0. The van der Waals surface area contributed by atoms with E-state index in [4.69, 9.17) is 5.73 Å².